The normalized spacial score (nSPS) is 10.4. The summed E-state index contributed by atoms with van der Waals surface area (Å²) in [5.74, 6) is 1.06. The van der Waals surface area contributed by atoms with Gasteiger partial charge in [-0.2, -0.15) is 0 Å². The van der Waals surface area contributed by atoms with Crippen LogP contribution in [0.1, 0.15) is 27.4 Å². The molecule has 1 aromatic heterocycles. The summed E-state index contributed by atoms with van der Waals surface area (Å²) < 4.78 is 15.9. The highest BCUT2D eigenvalue weighted by Gasteiger charge is 2.12. The molecule has 0 N–H and O–H groups in total. The van der Waals surface area contributed by atoms with Crippen molar-refractivity contribution in [3.8, 4) is 5.75 Å². The van der Waals surface area contributed by atoms with Crippen LogP contribution in [0.3, 0.4) is 0 Å². The van der Waals surface area contributed by atoms with Crippen LogP contribution in [-0.4, -0.2) is 13.1 Å². The van der Waals surface area contributed by atoms with E-state index in [1.807, 2.05) is 42.5 Å². The smallest absolute Gasteiger partial charge is 0.373 e. The van der Waals surface area contributed by atoms with Crippen molar-refractivity contribution < 1.29 is 18.7 Å². The van der Waals surface area contributed by atoms with Gasteiger partial charge in [-0.25, -0.2) is 4.79 Å². The Morgan fingerprint density at radius 1 is 0.958 bits per heavy atom. The number of carbonyl (C=O) groups excluding carboxylic acids is 1. The highest BCUT2D eigenvalue weighted by molar-refractivity contribution is 5.86. The Hall–Kier alpha value is -3.01. The minimum absolute atomic E-state index is 0.175. The first-order valence-corrected chi connectivity index (χ1v) is 7.68. The molecular weight excluding hydrogens is 304 g/mol. The van der Waals surface area contributed by atoms with E-state index in [1.54, 1.807) is 12.1 Å². The Labute approximate surface area is 140 Å². The minimum Gasteiger partial charge on any atom is -0.485 e. The topological polar surface area (TPSA) is 48.7 Å². The van der Waals surface area contributed by atoms with Crippen molar-refractivity contribution in [2.24, 2.45) is 0 Å². The monoisotopic (exact) mass is 322 g/mol. The lowest BCUT2D eigenvalue weighted by Crippen LogP contribution is -2.00. The summed E-state index contributed by atoms with van der Waals surface area (Å²) in [4.78, 5) is 11.4. The first-order valence-electron chi connectivity index (χ1n) is 7.68. The number of para-hydroxylation sites is 1. The molecule has 122 valence electrons. The summed E-state index contributed by atoms with van der Waals surface area (Å²) in [7, 11) is 1.32. The van der Waals surface area contributed by atoms with Crippen molar-refractivity contribution in [2.45, 2.75) is 13.0 Å². The van der Waals surface area contributed by atoms with Crippen molar-refractivity contribution in [3.63, 3.8) is 0 Å². The average Bonchev–Trinajstić information content (AvgIpc) is 3.10. The summed E-state index contributed by atoms with van der Waals surface area (Å²) in [6, 6.07) is 21.4. The Morgan fingerprint density at radius 2 is 1.71 bits per heavy atom. The zero-order valence-electron chi connectivity index (χ0n) is 13.4. The maximum Gasteiger partial charge on any atom is 0.373 e. The zero-order chi connectivity index (χ0) is 16.8. The van der Waals surface area contributed by atoms with E-state index in [0.717, 1.165) is 17.7 Å². The van der Waals surface area contributed by atoms with Crippen molar-refractivity contribution in [1.29, 1.82) is 0 Å². The molecule has 2 aromatic carbocycles. The Morgan fingerprint density at radius 3 is 2.50 bits per heavy atom. The molecule has 0 unspecified atom stereocenters. The summed E-state index contributed by atoms with van der Waals surface area (Å²) in [6.07, 6.45) is 0.794. The fourth-order valence-corrected chi connectivity index (χ4v) is 2.42. The second-order valence-electron chi connectivity index (χ2n) is 5.32. The van der Waals surface area contributed by atoms with Gasteiger partial charge >= 0.3 is 5.97 Å². The SMILES string of the molecule is COC(=O)c1ccc(COc2ccccc2Cc2ccccc2)o1. The third-order valence-electron chi connectivity index (χ3n) is 3.63. The van der Waals surface area contributed by atoms with Gasteiger partial charge in [0, 0.05) is 6.42 Å². The molecular formula is C20H18O4. The number of ether oxygens (including phenoxy) is 2. The highest BCUT2D eigenvalue weighted by atomic mass is 16.5. The van der Waals surface area contributed by atoms with Crippen LogP contribution in [0.4, 0.5) is 0 Å². The van der Waals surface area contributed by atoms with Crippen LogP contribution in [0.15, 0.2) is 71.1 Å². The molecule has 0 saturated carbocycles. The van der Waals surface area contributed by atoms with E-state index >= 15 is 0 Å². The molecule has 3 aromatic rings. The summed E-state index contributed by atoms with van der Waals surface area (Å²) in [6.45, 7) is 0.253. The molecule has 4 heteroatoms. The molecule has 0 bridgehead atoms. The molecule has 0 atom stereocenters. The van der Waals surface area contributed by atoms with E-state index < -0.39 is 5.97 Å². The summed E-state index contributed by atoms with van der Waals surface area (Å²) in [5, 5.41) is 0. The first-order chi connectivity index (χ1) is 11.8. The number of hydrogen-bond acceptors (Lipinski definition) is 4. The summed E-state index contributed by atoms with van der Waals surface area (Å²) in [5.41, 5.74) is 2.32. The van der Waals surface area contributed by atoms with Crippen molar-refractivity contribution >= 4 is 5.97 Å². The molecule has 0 spiro atoms. The van der Waals surface area contributed by atoms with Gasteiger partial charge in [0.1, 0.15) is 18.1 Å². The molecule has 3 rings (SSSR count). The maximum absolute atomic E-state index is 11.4. The maximum atomic E-state index is 11.4. The van der Waals surface area contributed by atoms with Gasteiger partial charge in [0.15, 0.2) is 0 Å². The van der Waals surface area contributed by atoms with E-state index in [9.17, 15) is 4.79 Å². The molecule has 0 saturated heterocycles. The van der Waals surface area contributed by atoms with Crippen LogP contribution in [0.5, 0.6) is 5.75 Å². The Balaban J connectivity index is 1.69. The van der Waals surface area contributed by atoms with Crippen LogP contribution >= 0.6 is 0 Å². The highest BCUT2D eigenvalue weighted by Crippen LogP contribution is 2.23. The van der Waals surface area contributed by atoms with Gasteiger partial charge in [-0.1, -0.05) is 48.5 Å². The predicted octanol–water partition coefficient (Wildman–Crippen LogP) is 4.24. The Kier molecular flexibility index (Phi) is 4.96. The number of benzene rings is 2. The van der Waals surface area contributed by atoms with Gasteiger partial charge in [0.05, 0.1) is 7.11 Å². The van der Waals surface area contributed by atoms with Crippen LogP contribution in [-0.2, 0) is 17.8 Å². The van der Waals surface area contributed by atoms with Crippen LogP contribution in [0, 0.1) is 0 Å². The molecule has 0 amide bonds. The van der Waals surface area contributed by atoms with E-state index in [2.05, 4.69) is 16.9 Å². The third kappa shape index (κ3) is 3.84. The number of esters is 1. The number of rotatable bonds is 6. The van der Waals surface area contributed by atoms with E-state index in [0.29, 0.717) is 5.76 Å². The van der Waals surface area contributed by atoms with Crippen molar-refractivity contribution in [1.82, 2.24) is 0 Å². The first kappa shape index (κ1) is 15.9. The molecule has 0 aliphatic heterocycles. The standard InChI is InChI=1S/C20H18O4/c1-22-20(21)19-12-11-17(24-19)14-23-18-10-6-5-9-16(18)13-15-7-3-2-4-8-15/h2-12H,13-14H2,1H3. The molecule has 24 heavy (non-hydrogen) atoms. The number of methoxy groups -OCH3 is 1. The van der Waals surface area contributed by atoms with Crippen LogP contribution in [0.25, 0.3) is 0 Å². The number of hydrogen-bond donors (Lipinski definition) is 0. The third-order valence-corrected chi connectivity index (χ3v) is 3.63. The molecule has 4 nitrogen and oxygen atoms in total. The van der Waals surface area contributed by atoms with Gasteiger partial charge in [0.2, 0.25) is 5.76 Å². The zero-order valence-corrected chi connectivity index (χ0v) is 13.4. The lowest BCUT2D eigenvalue weighted by Gasteiger charge is -2.10. The molecule has 0 aliphatic carbocycles. The van der Waals surface area contributed by atoms with Gasteiger partial charge in [-0.05, 0) is 29.3 Å². The van der Waals surface area contributed by atoms with Crippen molar-refractivity contribution in [3.05, 3.63) is 89.4 Å². The molecule has 0 aliphatic rings. The lowest BCUT2D eigenvalue weighted by atomic mass is 10.0. The fraction of sp³-hybridized carbons (Fsp3) is 0.150. The molecule has 0 radical (unpaired) electrons. The molecule has 0 fully saturated rings. The largest absolute Gasteiger partial charge is 0.485 e. The van der Waals surface area contributed by atoms with Crippen LogP contribution in [0.2, 0.25) is 0 Å². The van der Waals surface area contributed by atoms with E-state index in [1.165, 1.54) is 12.7 Å². The second kappa shape index (κ2) is 7.51. The Bertz CT molecular complexity index is 805. The predicted molar refractivity (Wildman–Crippen MR) is 90.1 cm³/mol. The van der Waals surface area contributed by atoms with Gasteiger partial charge < -0.3 is 13.9 Å². The quantitative estimate of drug-likeness (QED) is 0.637. The molecule has 1 heterocycles. The van der Waals surface area contributed by atoms with Gasteiger partial charge in [-0.3, -0.25) is 0 Å². The fourth-order valence-electron chi connectivity index (χ4n) is 2.42. The average molecular weight is 322 g/mol. The van der Waals surface area contributed by atoms with E-state index in [4.69, 9.17) is 9.15 Å². The number of furan rings is 1. The van der Waals surface area contributed by atoms with E-state index in [-0.39, 0.29) is 12.4 Å². The van der Waals surface area contributed by atoms with Crippen LogP contribution < -0.4 is 4.74 Å². The lowest BCUT2D eigenvalue weighted by molar-refractivity contribution is 0.0561. The van der Waals surface area contributed by atoms with Gasteiger partial charge in [-0.15, -0.1) is 0 Å². The minimum atomic E-state index is -0.495. The second-order valence-corrected chi connectivity index (χ2v) is 5.32. The summed E-state index contributed by atoms with van der Waals surface area (Å²) >= 11 is 0. The number of carbonyl (C=O) groups is 1. The van der Waals surface area contributed by atoms with Gasteiger partial charge in [0.25, 0.3) is 0 Å². The van der Waals surface area contributed by atoms with Crippen molar-refractivity contribution in [2.75, 3.05) is 7.11 Å².